The minimum atomic E-state index is 0.854. The fourth-order valence-corrected chi connectivity index (χ4v) is 3.35. The highest BCUT2D eigenvalue weighted by Gasteiger charge is 2.27. The van der Waals surface area contributed by atoms with Crippen LogP contribution in [0.25, 0.3) is 0 Å². The molecule has 2 saturated heterocycles. The molecule has 2 nitrogen and oxygen atoms in total. The zero-order valence-electron chi connectivity index (χ0n) is 9.87. The zero-order chi connectivity index (χ0) is 10.5. The van der Waals surface area contributed by atoms with Crippen LogP contribution in [0.5, 0.6) is 0 Å². The highest BCUT2D eigenvalue weighted by Crippen LogP contribution is 2.25. The van der Waals surface area contributed by atoms with Gasteiger partial charge in [-0.25, -0.2) is 0 Å². The summed E-state index contributed by atoms with van der Waals surface area (Å²) < 4.78 is 0. The molecule has 3 heteroatoms. The van der Waals surface area contributed by atoms with E-state index in [9.17, 15) is 0 Å². The molecule has 0 saturated carbocycles. The first kappa shape index (κ1) is 11.7. The zero-order valence-corrected chi connectivity index (χ0v) is 10.7. The second kappa shape index (κ2) is 6.12. The summed E-state index contributed by atoms with van der Waals surface area (Å²) in [6.45, 7) is 5.23. The van der Waals surface area contributed by atoms with Gasteiger partial charge in [0, 0.05) is 18.3 Å². The molecule has 1 unspecified atom stereocenters. The van der Waals surface area contributed by atoms with Gasteiger partial charge in [-0.2, -0.15) is 11.8 Å². The summed E-state index contributed by atoms with van der Waals surface area (Å²) in [6, 6.07) is 0.854. The Morgan fingerprint density at radius 1 is 1.27 bits per heavy atom. The van der Waals surface area contributed by atoms with Crippen LogP contribution in [-0.4, -0.2) is 49.1 Å². The van der Waals surface area contributed by atoms with E-state index in [0.29, 0.717) is 0 Å². The highest BCUT2D eigenvalue weighted by molar-refractivity contribution is 7.98. The Bertz CT molecular complexity index is 172. The van der Waals surface area contributed by atoms with Gasteiger partial charge in [0.1, 0.15) is 0 Å². The standard InChI is InChI=1S/C12H24N2S/c1-15-10-9-14-7-4-11(5-8-14)12-3-2-6-13-12/h11-13H,2-10H2,1H3. The van der Waals surface area contributed by atoms with Gasteiger partial charge in [-0.1, -0.05) is 0 Å². The fraction of sp³-hybridized carbons (Fsp3) is 1.00. The molecule has 0 aromatic carbocycles. The molecule has 2 fully saturated rings. The Kier molecular flexibility index (Phi) is 4.79. The molecule has 15 heavy (non-hydrogen) atoms. The number of hydrogen-bond donors (Lipinski definition) is 1. The van der Waals surface area contributed by atoms with E-state index in [-0.39, 0.29) is 0 Å². The van der Waals surface area contributed by atoms with Crippen molar-refractivity contribution in [3.63, 3.8) is 0 Å². The fourth-order valence-electron chi connectivity index (χ4n) is 2.91. The lowest BCUT2D eigenvalue weighted by atomic mass is 9.88. The summed E-state index contributed by atoms with van der Waals surface area (Å²) in [6.07, 6.45) is 7.88. The molecule has 0 amide bonds. The van der Waals surface area contributed by atoms with E-state index >= 15 is 0 Å². The number of likely N-dealkylation sites (tertiary alicyclic amines) is 1. The number of hydrogen-bond acceptors (Lipinski definition) is 3. The van der Waals surface area contributed by atoms with Gasteiger partial charge < -0.3 is 10.2 Å². The molecule has 2 rings (SSSR count). The molecule has 1 N–H and O–H groups in total. The summed E-state index contributed by atoms with van der Waals surface area (Å²) in [4.78, 5) is 2.64. The molecule has 2 aliphatic heterocycles. The maximum Gasteiger partial charge on any atom is 0.00967 e. The van der Waals surface area contributed by atoms with Crippen molar-refractivity contribution < 1.29 is 0 Å². The van der Waals surface area contributed by atoms with Crippen molar-refractivity contribution in [1.82, 2.24) is 10.2 Å². The molecule has 0 aliphatic carbocycles. The summed E-state index contributed by atoms with van der Waals surface area (Å²) in [5, 5.41) is 3.66. The smallest absolute Gasteiger partial charge is 0.00967 e. The van der Waals surface area contributed by atoms with Gasteiger partial charge in [0.2, 0.25) is 0 Å². The predicted octanol–water partition coefficient (Wildman–Crippen LogP) is 1.81. The average Bonchev–Trinajstić information content (AvgIpc) is 2.80. The van der Waals surface area contributed by atoms with Crippen molar-refractivity contribution >= 4 is 11.8 Å². The summed E-state index contributed by atoms with van der Waals surface area (Å²) in [5.74, 6) is 2.27. The van der Waals surface area contributed by atoms with Crippen molar-refractivity contribution in [3.05, 3.63) is 0 Å². The number of nitrogens with zero attached hydrogens (tertiary/aromatic N) is 1. The second-order valence-electron chi connectivity index (χ2n) is 4.87. The van der Waals surface area contributed by atoms with E-state index in [1.807, 2.05) is 11.8 Å². The van der Waals surface area contributed by atoms with Crippen LogP contribution >= 0.6 is 11.8 Å². The first-order valence-corrected chi connectivity index (χ1v) is 7.74. The van der Waals surface area contributed by atoms with E-state index in [4.69, 9.17) is 0 Å². The average molecular weight is 228 g/mol. The van der Waals surface area contributed by atoms with Gasteiger partial charge >= 0.3 is 0 Å². The molecule has 88 valence electrons. The first-order valence-electron chi connectivity index (χ1n) is 6.35. The molecular formula is C12H24N2S. The van der Waals surface area contributed by atoms with Crippen molar-refractivity contribution in [2.24, 2.45) is 5.92 Å². The first-order chi connectivity index (χ1) is 7.40. The van der Waals surface area contributed by atoms with Crippen LogP contribution in [0.3, 0.4) is 0 Å². The van der Waals surface area contributed by atoms with Gasteiger partial charge in [0.05, 0.1) is 0 Å². The van der Waals surface area contributed by atoms with Crippen molar-refractivity contribution in [2.75, 3.05) is 38.2 Å². The molecule has 0 radical (unpaired) electrons. The molecule has 0 spiro atoms. The summed E-state index contributed by atoms with van der Waals surface area (Å²) in [5.41, 5.74) is 0. The summed E-state index contributed by atoms with van der Waals surface area (Å²) >= 11 is 1.97. The SMILES string of the molecule is CSCCN1CCC(C2CCCN2)CC1. The third kappa shape index (κ3) is 3.36. The predicted molar refractivity (Wildman–Crippen MR) is 68.6 cm³/mol. The lowest BCUT2D eigenvalue weighted by molar-refractivity contribution is 0.171. The second-order valence-corrected chi connectivity index (χ2v) is 5.86. The van der Waals surface area contributed by atoms with E-state index in [2.05, 4.69) is 16.5 Å². The largest absolute Gasteiger partial charge is 0.314 e. The highest BCUT2D eigenvalue weighted by atomic mass is 32.2. The molecule has 1 atom stereocenters. The molecular weight excluding hydrogens is 204 g/mol. The van der Waals surface area contributed by atoms with Crippen LogP contribution in [0.15, 0.2) is 0 Å². The maximum absolute atomic E-state index is 3.66. The van der Waals surface area contributed by atoms with Gasteiger partial charge in [-0.3, -0.25) is 0 Å². The quantitative estimate of drug-likeness (QED) is 0.790. The number of rotatable bonds is 4. The molecule has 0 aromatic heterocycles. The Balaban J connectivity index is 1.67. The van der Waals surface area contributed by atoms with Crippen molar-refractivity contribution in [1.29, 1.82) is 0 Å². The van der Waals surface area contributed by atoms with Crippen LogP contribution in [0.1, 0.15) is 25.7 Å². The van der Waals surface area contributed by atoms with E-state index < -0.39 is 0 Å². The number of nitrogens with one attached hydrogen (secondary N) is 1. The van der Waals surface area contributed by atoms with Gasteiger partial charge in [0.15, 0.2) is 0 Å². The minimum absolute atomic E-state index is 0.854. The number of thioether (sulfide) groups is 1. The topological polar surface area (TPSA) is 15.3 Å². The Morgan fingerprint density at radius 3 is 2.67 bits per heavy atom. The molecule has 2 aliphatic rings. The van der Waals surface area contributed by atoms with E-state index in [0.717, 1.165) is 12.0 Å². The Morgan fingerprint density at radius 2 is 2.07 bits per heavy atom. The van der Waals surface area contributed by atoms with Crippen LogP contribution in [-0.2, 0) is 0 Å². The lowest BCUT2D eigenvalue weighted by Gasteiger charge is -2.34. The monoisotopic (exact) mass is 228 g/mol. The third-order valence-corrected chi connectivity index (χ3v) is 4.50. The van der Waals surface area contributed by atoms with Gasteiger partial charge in [-0.05, 0) is 57.5 Å². The lowest BCUT2D eigenvalue weighted by Crippen LogP contribution is -2.41. The number of piperidine rings is 1. The van der Waals surface area contributed by atoms with Crippen molar-refractivity contribution in [2.45, 2.75) is 31.7 Å². The third-order valence-electron chi connectivity index (χ3n) is 3.91. The van der Waals surface area contributed by atoms with E-state index in [1.165, 1.54) is 57.6 Å². The van der Waals surface area contributed by atoms with Crippen LogP contribution in [0.4, 0.5) is 0 Å². The minimum Gasteiger partial charge on any atom is -0.314 e. The molecule has 0 bridgehead atoms. The van der Waals surface area contributed by atoms with Crippen LogP contribution in [0, 0.1) is 5.92 Å². The van der Waals surface area contributed by atoms with Crippen molar-refractivity contribution in [3.8, 4) is 0 Å². The normalized spacial score (nSPS) is 29.8. The van der Waals surface area contributed by atoms with Crippen LogP contribution in [0.2, 0.25) is 0 Å². The molecule has 0 aromatic rings. The molecule has 2 heterocycles. The Labute approximate surface area is 98.2 Å². The Hall–Kier alpha value is 0.270. The summed E-state index contributed by atoms with van der Waals surface area (Å²) in [7, 11) is 0. The van der Waals surface area contributed by atoms with E-state index in [1.54, 1.807) is 0 Å². The van der Waals surface area contributed by atoms with Gasteiger partial charge in [-0.15, -0.1) is 0 Å². The van der Waals surface area contributed by atoms with Gasteiger partial charge in [0.25, 0.3) is 0 Å². The maximum atomic E-state index is 3.66. The van der Waals surface area contributed by atoms with Crippen LogP contribution < -0.4 is 5.32 Å².